The topological polar surface area (TPSA) is 67.3 Å². The van der Waals surface area contributed by atoms with Crippen molar-refractivity contribution in [3.05, 3.63) is 35.2 Å². The van der Waals surface area contributed by atoms with Gasteiger partial charge in [0.15, 0.2) is 5.58 Å². The van der Waals surface area contributed by atoms with Crippen molar-refractivity contribution in [1.82, 2.24) is 14.9 Å². The van der Waals surface area contributed by atoms with Crippen molar-refractivity contribution in [3.8, 4) is 0 Å². The van der Waals surface area contributed by atoms with Crippen LogP contribution in [0, 0.1) is 0 Å². The van der Waals surface area contributed by atoms with Crippen molar-refractivity contribution >= 4 is 23.1 Å². The summed E-state index contributed by atoms with van der Waals surface area (Å²) < 4.78 is 49.2. The fourth-order valence-electron chi connectivity index (χ4n) is 2.63. The molecule has 4 rings (SSSR count). The SMILES string of the molecule is CN1CCc2oc(Nc3nc4cc(C(F)(F)F)ccc4o3)nc2C1. The summed E-state index contributed by atoms with van der Waals surface area (Å²) in [5, 5.41) is 2.77. The largest absolute Gasteiger partial charge is 0.428 e. The third-order valence-corrected chi connectivity index (χ3v) is 3.85. The van der Waals surface area contributed by atoms with Gasteiger partial charge < -0.3 is 8.83 Å². The van der Waals surface area contributed by atoms with E-state index in [2.05, 4.69) is 20.2 Å². The zero-order chi connectivity index (χ0) is 16.9. The number of likely N-dealkylation sites (N-methyl/N-ethyl adjacent to an activating group) is 1. The van der Waals surface area contributed by atoms with Gasteiger partial charge in [-0.05, 0) is 25.2 Å². The van der Waals surface area contributed by atoms with E-state index in [0.29, 0.717) is 6.54 Å². The maximum absolute atomic E-state index is 12.7. The summed E-state index contributed by atoms with van der Waals surface area (Å²) in [5.74, 6) is 0.797. The fraction of sp³-hybridized carbons (Fsp3) is 0.333. The summed E-state index contributed by atoms with van der Waals surface area (Å²) in [6.45, 7) is 1.56. The first-order chi connectivity index (χ1) is 11.4. The van der Waals surface area contributed by atoms with Crippen molar-refractivity contribution in [2.45, 2.75) is 19.1 Å². The van der Waals surface area contributed by atoms with E-state index in [-0.39, 0.29) is 23.1 Å². The van der Waals surface area contributed by atoms with Gasteiger partial charge in [0.1, 0.15) is 11.3 Å². The molecule has 1 aromatic carbocycles. The third-order valence-electron chi connectivity index (χ3n) is 3.85. The molecule has 0 unspecified atom stereocenters. The maximum Gasteiger partial charge on any atom is 0.416 e. The van der Waals surface area contributed by atoms with E-state index < -0.39 is 11.7 Å². The van der Waals surface area contributed by atoms with Gasteiger partial charge in [-0.15, -0.1) is 0 Å². The molecular weight excluding hydrogens is 325 g/mol. The van der Waals surface area contributed by atoms with Crippen molar-refractivity contribution in [3.63, 3.8) is 0 Å². The normalized spacial score (nSPS) is 15.7. The van der Waals surface area contributed by atoms with Gasteiger partial charge in [0, 0.05) is 19.5 Å². The van der Waals surface area contributed by atoms with Gasteiger partial charge in [0.25, 0.3) is 0 Å². The monoisotopic (exact) mass is 338 g/mol. The number of hydrogen-bond donors (Lipinski definition) is 1. The van der Waals surface area contributed by atoms with Gasteiger partial charge in [-0.25, -0.2) is 0 Å². The number of rotatable bonds is 2. The molecule has 1 aliphatic rings. The van der Waals surface area contributed by atoms with E-state index in [1.54, 1.807) is 0 Å². The molecule has 1 aliphatic heterocycles. The summed E-state index contributed by atoms with van der Waals surface area (Å²) >= 11 is 0. The molecule has 0 radical (unpaired) electrons. The molecule has 0 amide bonds. The molecule has 3 heterocycles. The summed E-state index contributed by atoms with van der Waals surface area (Å²) in [6, 6.07) is 3.40. The molecule has 0 saturated heterocycles. The van der Waals surface area contributed by atoms with E-state index in [1.807, 2.05) is 7.05 Å². The molecule has 0 bridgehead atoms. The number of nitrogens with zero attached hydrogens (tertiary/aromatic N) is 3. The van der Waals surface area contributed by atoms with Crippen molar-refractivity contribution in [2.24, 2.45) is 0 Å². The summed E-state index contributed by atoms with van der Waals surface area (Å²) in [4.78, 5) is 10.5. The molecule has 1 N–H and O–H groups in total. The van der Waals surface area contributed by atoms with Crippen LogP contribution < -0.4 is 5.32 Å². The first-order valence-electron chi connectivity index (χ1n) is 7.30. The lowest BCUT2D eigenvalue weighted by Gasteiger charge is -2.19. The number of nitrogens with one attached hydrogen (secondary N) is 1. The Balaban J connectivity index is 1.61. The Kier molecular flexibility index (Phi) is 3.27. The number of aromatic nitrogens is 2. The Labute approximate surface area is 134 Å². The second-order valence-corrected chi connectivity index (χ2v) is 5.70. The van der Waals surface area contributed by atoms with Crippen molar-refractivity contribution < 1.29 is 22.0 Å². The Morgan fingerprint density at radius 3 is 2.75 bits per heavy atom. The number of alkyl halides is 3. The van der Waals surface area contributed by atoms with Crippen LogP contribution in [0.15, 0.2) is 27.0 Å². The minimum atomic E-state index is -4.42. The van der Waals surface area contributed by atoms with E-state index >= 15 is 0 Å². The zero-order valence-electron chi connectivity index (χ0n) is 12.6. The number of oxazole rings is 2. The van der Waals surface area contributed by atoms with Crippen molar-refractivity contribution in [1.29, 1.82) is 0 Å². The van der Waals surface area contributed by atoms with Gasteiger partial charge in [-0.1, -0.05) is 0 Å². The van der Waals surface area contributed by atoms with Crippen LogP contribution in [0.5, 0.6) is 0 Å². The van der Waals surface area contributed by atoms with Crippen LogP contribution in [0.1, 0.15) is 17.0 Å². The average Bonchev–Trinajstić information content (AvgIpc) is 3.07. The molecule has 24 heavy (non-hydrogen) atoms. The lowest BCUT2D eigenvalue weighted by molar-refractivity contribution is -0.137. The first kappa shape index (κ1) is 15.0. The molecular formula is C15H13F3N4O2. The highest BCUT2D eigenvalue weighted by atomic mass is 19.4. The lowest BCUT2D eigenvalue weighted by atomic mass is 10.2. The summed E-state index contributed by atoms with van der Waals surface area (Å²) in [5.41, 5.74) is 0.427. The predicted octanol–water partition coefficient (Wildman–Crippen LogP) is 3.57. The minimum absolute atomic E-state index is 0.0382. The van der Waals surface area contributed by atoms with E-state index in [9.17, 15) is 13.2 Å². The zero-order valence-corrected chi connectivity index (χ0v) is 12.6. The molecule has 0 spiro atoms. The van der Waals surface area contributed by atoms with Crippen LogP contribution in [-0.2, 0) is 19.1 Å². The second kappa shape index (κ2) is 5.23. The first-order valence-corrected chi connectivity index (χ1v) is 7.30. The van der Waals surface area contributed by atoms with Crippen LogP contribution in [0.3, 0.4) is 0 Å². The Bertz CT molecular complexity index is 900. The van der Waals surface area contributed by atoms with E-state index in [4.69, 9.17) is 8.83 Å². The predicted molar refractivity (Wildman–Crippen MR) is 78.8 cm³/mol. The molecule has 0 saturated carbocycles. The molecule has 0 fully saturated rings. The number of halogens is 3. The third kappa shape index (κ3) is 2.71. The minimum Gasteiger partial charge on any atom is -0.428 e. The van der Waals surface area contributed by atoms with Crippen LogP contribution in [0.25, 0.3) is 11.1 Å². The van der Waals surface area contributed by atoms with Crippen LogP contribution >= 0.6 is 0 Å². The van der Waals surface area contributed by atoms with Crippen LogP contribution in [0.2, 0.25) is 0 Å². The van der Waals surface area contributed by atoms with Gasteiger partial charge >= 0.3 is 18.2 Å². The molecule has 0 aliphatic carbocycles. The molecule has 126 valence electrons. The Morgan fingerprint density at radius 1 is 1.17 bits per heavy atom. The maximum atomic E-state index is 12.7. The van der Waals surface area contributed by atoms with Crippen molar-refractivity contribution in [2.75, 3.05) is 18.9 Å². The average molecular weight is 338 g/mol. The lowest BCUT2D eigenvalue weighted by Crippen LogP contribution is -2.25. The van der Waals surface area contributed by atoms with Gasteiger partial charge in [-0.2, -0.15) is 23.1 Å². The van der Waals surface area contributed by atoms with Crippen LogP contribution in [0.4, 0.5) is 25.2 Å². The number of benzene rings is 1. The molecule has 3 aromatic rings. The van der Waals surface area contributed by atoms with Gasteiger partial charge in [0.05, 0.1) is 11.3 Å². The van der Waals surface area contributed by atoms with Gasteiger partial charge in [0.2, 0.25) is 0 Å². The van der Waals surface area contributed by atoms with Crippen LogP contribution in [-0.4, -0.2) is 28.5 Å². The van der Waals surface area contributed by atoms with E-state index in [0.717, 1.165) is 36.6 Å². The Hall–Kier alpha value is -2.55. The number of hydrogen-bond acceptors (Lipinski definition) is 6. The van der Waals surface area contributed by atoms with E-state index in [1.165, 1.54) is 6.07 Å². The highest BCUT2D eigenvalue weighted by Crippen LogP contribution is 2.32. The number of fused-ring (bicyclic) bond motifs is 2. The fourth-order valence-corrected chi connectivity index (χ4v) is 2.63. The molecule has 0 atom stereocenters. The highest BCUT2D eigenvalue weighted by molar-refractivity contribution is 5.75. The van der Waals surface area contributed by atoms with Gasteiger partial charge in [-0.3, -0.25) is 10.2 Å². The molecule has 2 aromatic heterocycles. The highest BCUT2D eigenvalue weighted by Gasteiger charge is 2.31. The second-order valence-electron chi connectivity index (χ2n) is 5.70. The Morgan fingerprint density at radius 2 is 1.96 bits per heavy atom. The molecule has 9 heteroatoms. The number of anilines is 2. The molecule has 6 nitrogen and oxygen atoms in total. The summed E-state index contributed by atoms with van der Waals surface area (Å²) in [7, 11) is 1.99. The standard InChI is InChI=1S/C15H13F3N4O2/c1-22-5-4-12-10(7-22)20-14(24-12)21-13-19-9-6-8(15(16,17)18)2-3-11(9)23-13/h2-3,6H,4-5,7H2,1H3,(H,19,20,21). The smallest absolute Gasteiger partial charge is 0.416 e. The quantitative estimate of drug-likeness (QED) is 0.770. The summed E-state index contributed by atoms with van der Waals surface area (Å²) in [6.07, 6.45) is -3.67.